The van der Waals surface area contributed by atoms with Crippen LogP contribution in [-0.4, -0.2) is 32.2 Å². The zero-order chi connectivity index (χ0) is 16.9. The summed E-state index contributed by atoms with van der Waals surface area (Å²) in [6, 6.07) is 11.7. The quantitative estimate of drug-likeness (QED) is 0.750. The lowest BCUT2D eigenvalue weighted by Gasteiger charge is -2.25. The Balaban J connectivity index is 1.81. The minimum atomic E-state index is -0.708. The van der Waals surface area contributed by atoms with E-state index in [9.17, 15) is 9.90 Å². The van der Waals surface area contributed by atoms with Crippen molar-refractivity contribution in [3.05, 3.63) is 76.2 Å². The molecule has 24 heavy (non-hydrogen) atoms. The number of aliphatic hydroxyl groups is 1. The summed E-state index contributed by atoms with van der Waals surface area (Å²) in [5.74, 6) is -0.138. The van der Waals surface area contributed by atoms with Crippen molar-refractivity contribution < 1.29 is 9.90 Å². The third-order valence-corrected chi connectivity index (χ3v) is 4.48. The molecule has 0 saturated heterocycles. The minimum absolute atomic E-state index is 0.138. The van der Waals surface area contributed by atoms with Gasteiger partial charge < -0.3 is 10.0 Å². The van der Waals surface area contributed by atoms with Crippen molar-refractivity contribution in [2.24, 2.45) is 7.05 Å². The van der Waals surface area contributed by atoms with Crippen LogP contribution in [0.3, 0.4) is 0 Å². The number of thiophene rings is 1. The highest BCUT2D eigenvalue weighted by Gasteiger charge is 2.21. The molecule has 1 N–H and O–H groups in total. The second kappa shape index (κ2) is 7.42. The van der Waals surface area contributed by atoms with E-state index in [1.165, 1.54) is 11.3 Å². The molecule has 5 nitrogen and oxygen atoms in total. The van der Waals surface area contributed by atoms with Gasteiger partial charge in [-0.05, 0) is 28.0 Å². The molecule has 0 aliphatic heterocycles. The topological polar surface area (TPSA) is 58.4 Å². The highest BCUT2D eigenvalue weighted by molar-refractivity contribution is 7.07. The molecule has 1 atom stereocenters. The summed E-state index contributed by atoms with van der Waals surface area (Å²) in [6.07, 6.45) is 2.54. The highest BCUT2D eigenvalue weighted by atomic mass is 32.1. The first-order chi connectivity index (χ1) is 11.6. The summed E-state index contributed by atoms with van der Waals surface area (Å²) in [6.45, 7) is 0.676. The average Bonchev–Trinajstić information content (AvgIpc) is 3.26. The lowest BCUT2D eigenvalue weighted by molar-refractivity contribution is 0.0604. The Hall–Kier alpha value is -2.44. The van der Waals surface area contributed by atoms with Gasteiger partial charge in [0.15, 0.2) is 0 Å². The van der Waals surface area contributed by atoms with Crippen molar-refractivity contribution in [3.8, 4) is 0 Å². The van der Waals surface area contributed by atoms with Gasteiger partial charge in [0.2, 0.25) is 0 Å². The number of nitrogens with zero attached hydrogens (tertiary/aromatic N) is 3. The van der Waals surface area contributed by atoms with Crippen molar-refractivity contribution in [3.63, 3.8) is 0 Å². The number of hydrogen-bond acceptors (Lipinski definition) is 4. The van der Waals surface area contributed by atoms with Crippen LogP contribution in [0.2, 0.25) is 0 Å². The molecule has 0 saturated carbocycles. The van der Waals surface area contributed by atoms with Gasteiger partial charge in [-0.2, -0.15) is 16.4 Å². The van der Waals surface area contributed by atoms with Crippen molar-refractivity contribution >= 4 is 17.2 Å². The van der Waals surface area contributed by atoms with E-state index in [0.29, 0.717) is 12.1 Å². The number of amides is 1. The van der Waals surface area contributed by atoms with Gasteiger partial charge in [-0.1, -0.05) is 30.3 Å². The summed E-state index contributed by atoms with van der Waals surface area (Å²) in [5, 5.41) is 18.3. The average molecular weight is 341 g/mol. The molecule has 1 aromatic carbocycles. The number of carbonyl (C=O) groups excluding carboxylic acids is 1. The van der Waals surface area contributed by atoms with Gasteiger partial charge in [0.05, 0.1) is 24.4 Å². The number of aromatic nitrogens is 2. The molecule has 1 unspecified atom stereocenters. The third-order valence-electron chi connectivity index (χ3n) is 3.78. The summed E-state index contributed by atoms with van der Waals surface area (Å²) in [4.78, 5) is 14.5. The molecular formula is C18H19N3O2S. The molecule has 0 spiro atoms. The van der Waals surface area contributed by atoms with Gasteiger partial charge in [0, 0.05) is 19.8 Å². The van der Waals surface area contributed by atoms with Crippen molar-refractivity contribution in [2.45, 2.75) is 12.6 Å². The number of benzene rings is 1. The number of aliphatic hydroxyl groups excluding tert-OH is 1. The fourth-order valence-corrected chi connectivity index (χ4v) is 3.22. The van der Waals surface area contributed by atoms with Crippen LogP contribution in [-0.2, 0) is 13.6 Å². The zero-order valence-corrected chi connectivity index (χ0v) is 14.2. The van der Waals surface area contributed by atoms with E-state index in [-0.39, 0.29) is 12.5 Å². The zero-order valence-electron chi connectivity index (χ0n) is 13.4. The lowest BCUT2D eigenvalue weighted by atomic mass is 10.1. The molecule has 3 rings (SSSR count). The van der Waals surface area contributed by atoms with Crippen LogP contribution in [0, 0.1) is 0 Å². The molecule has 124 valence electrons. The molecule has 0 bridgehead atoms. The van der Waals surface area contributed by atoms with Gasteiger partial charge in [-0.15, -0.1) is 0 Å². The number of carbonyl (C=O) groups is 1. The van der Waals surface area contributed by atoms with Crippen LogP contribution in [0.15, 0.2) is 59.6 Å². The monoisotopic (exact) mass is 341 g/mol. The maximum Gasteiger partial charge on any atom is 0.257 e. The van der Waals surface area contributed by atoms with Gasteiger partial charge in [-0.25, -0.2) is 0 Å². The van der Waals surface area contributed by atoms with Gasteiger partial charge >= 0.3 is 0 Å². The number of hydrogen-bond donors (Lipinski definition) is 1. The van der Waals surface area contributed by atoms with E-state index in [4.69, 9.17) is 0 Å². The van der Waals surface area contributed by atoms with Crippen molar-refractivity contribution in [2.75, 3.05) is 6.54 Å². The Bertz CT molecular complexity index is 784. The van der Waals surface area contributed by atoms with E-state index in [1.807, 2.05) is 47.2 Å². The second-order valence-corrected chi connectivity index (χ2v) is 6.43. The summed E-state index contributed by atoms with van der Waals surface area (Å²) in [5.41, 5.74) is 2.37. The van der Waals surface area contributed by atoms with Crippen LogP contribution >= 0.6 is 11.3 Å². The van der Waals surface area contributed by atoms with Crippen LogP contribution < -0.4 is 0 Å². The molecule has 1 amide bonds. The van der Waals surface area contributed by atoms with Crippen molar-refractivity contribution in [1.82, 2.24) is 14.7 Å². The largest absolute Gasteiger partial charge is 0.387 e. The lowest BCUT2D eigenvalue weighted by Crippen LogP contribution is -2.34. The predicted molar refractivity (Wildman–Crippen MR) is 93.7 cm³/mol. The Morgan fingerprint density at radius 3 is 2.75 bits per heavy atom. The van der Waals surface area contributed by atoms with Gasteiger partial charge in [-0.3, -0.25) is 9.48 Å². The SMILES string of the molecule is Cn1cc(C(=O)N(Cc2ccccc2)CC(O)c2ccsc2)cn1. The van der Waals surface area contributed by atoms with Gasteiger partial charge in [0.1, 0.15) is 0 Å². The molecule has 0 aliphatic carbocycles. The molecule has 0 radical (unpaired) electrons. The summed E-state index contributed by atoms with van der Waals surface area (Å²) >= 11 is 1.53. The molecule has 2 heterocycles. The van der Waals surface area contributed by atoms with E-state index in [2.05, 4.69) is 5.10 Å². The number of aryl methyl sites for hydroxylation is 1. The molecule has 2 aromatic heterocycles. The van der Waals surface area contributed by atoms with E-state index >= 15 is 0 Å². The van der Waals surface area contributed by atoms with Gasteiger partial charge in [0.25, 0.3) is 5.91 Å². The second-order valence-electron chi connectivity index (χ2n) is 5.65. The van der Waals surface area contributed by atoms with Crippen molar-refractivity contribution in [1.29, 1.82) is 0 Å². The Morgan fingerprint density at radius 2 is 2.12 bits per heavy atom. The Labute approximate surface area is 144 Å². The van der Waals surface area contributed by atoms with E-state index < -0.39 is 6.10 Å². The molecule has 0 aliphatic rings. The predicted octanol–water partition coefficient (Wildman–Crippen LogP) is 2.86. The highest BCUT2D eigenvalue weighted by Crippen LogP contribution is 2.20. The van der Waals surface area contributed by atoms with E-state index in [0.717, 1.165) is 11.1 Å². The van der Waals surface area contributed by atoms with Crippen LogP contribution in [0.4, 0.5) is 0 Å². The summed E-state index contributed by atoms with van der Waals surface area (Å²) in [7, 11) is 1.78. The third kappa shape index (κ3) is 3.90. The standard InChI is InChI=1S/C18H19N3O2S/c1-20-11-16(9-19-20)18(23)21(10-14-5-3-2-4-6-14)12-17(22)15-7-8-24-13-15/h2-9,11,13,17,22H,10,12H2,1H3. The van der Waals surface area contributed by atoms with Crippen LogP contribution in [0.1, 0.15) is 27.6 Å². The molecule has 3 aromatic rings. The van der Waals surface area contributed by atoms with E-state index in [1.54, 1.807) is 29.0 Å². The summed E-state index contributed by atoms with van der Waals surface area (Å²) < 4.78 is 1.60. The fraction of sp³-hybridized carbons (Fsp3) is 0.222. The fourth-order valence-electron chi connectivity index (χ4n) is 2.52. The molecular weight excluding hydrogens is 322 g/mol. The first-order valence-electron chi connectivity index (χ1n) is 7.65. The Morgan fingerprint density at radius 1 is 1.33 bits per heavy atom. The normalized spacial score (nSPS) is 12.1. The maximum absolute atomic E-state index is 12.8. The smallest absolute Gasteiger partial charge is 0.257 e. The first-order valence-corrected chi connectivity index (χ1v) is 8.60. The molecule has 0 fully saturated rings. The minimum Gasteiger partial charge on any atom is -0.387 e. The first kappa shape index (κ1) is 16.4. The van der Waals surface area contributed by atoms with Crippen LogP contribution in [0.5, 0.6) is 0 Å². The Kier molecular flexibility index (Phi) is 5.08. The maximum atomic E-state index is 12.8. The number of rotatable bonds is 6. The van der Waals surface area contributed by atoms with Crippen LogP contribution in [0.25, 0.3) is 0 Å². The molecule has 6 heteroatoms.